The van der Waals surface area contributed by atoms with Crippen molar-refractivity contribution in [2.75, 3.05) is 0 Å². The quantitative estimate of drug-likeness (QED) is 0.691. The monoisotopic (exact) mass is 395 g/mol. The zero-order valence-electron chi connectivity index (χ0n) is 13.1. The predicted molar refractivity (Wildman–Crippen MR) is 98.3 cm³/mol. The molecule has 0 aliphatic rings. The van der Waals surface area contributed by atoms with Crippen LogP contribution in [0.4, 0.5) is 0 Å². The van der Waals surface area contributed by atoms with Gasteiger partial charge in [0.05, 0.1) is 16.6 Å². The molecule has 0 unspecified atom stereocenters. The van der Waals surface area contributed by atoms with Crippen LogP contribution in [0.1, 0.15) is 11.1 Å². The van der Waals surface area contributed by atoms with Gasteiger partial charge in [-0.3, -0.25) is 4.68 Å². The molecule has 0 amide bonds. The number of nitrogens with one attached hydrogen (secondary N) is 1. The van der Waals surface area contributed by atoms with Crippen molar-refractivity contribution in [2.45, 2.75) is 18.0 Å². The van der Waals surface area contributed by atoms with Gasteiger partial charge in [-0.05, 0) is 29.3 Å². The first-order chi connectivity index (χ1) is 12.0. The van der Waals surface area contributed by atoms with Crippen LogP contribution in [-0.2, 0) is 23.1 Å². The number of hydrogen-bond donors (Lipinski definition) is 1. The summed E-state index contributed by atoms with van der Waals surface area (Å²) in [6, 6.07) is 13.9. The summed E-state index contributed by atoms with van der Waals surface area (Å²) < 4.78 is 29.4. The average Bonchev–Trinajstić information content (AvgIpc) is 3.09. The van der Waals surface area contributed by atoms with Crippen molar-refractivity contribution in [3.63, 3.8) is 0 Å². The van der Waals surface area contributed by atoms with Crippen LogP contribution >= 0.6 is 23.2 Å². The molecule has 2 aromatic carbocycles. The molecule has 0 fully saturated rings. The Morgan fingerprint density at radius 3 is 2.48 bits per heavy atom. The maximum absolute atomic E-state index is 12.5. The molecule has 3 rings (SSSR count). The largest absolute Gasteiger partial charge is 0.268 e. The Morgan fingerprint density at radius 2 is 1.76 bits per heavy atom. The molecule has 0 saturated carbocycles. The van der Waals surface area contributed by atoms with Gasteiger partial charge in [-0.1, -0.05) is 53.5 Å². The number of benzene rings is 2. The van der Waals surface area contributed by atoms with Crippen LogP contribution in [0.15, 0.2) is 65.8 Å². The minimum atomic E-state index is -3.78. The van der Waals surface area contributed by atoms with Crippen LogP contribution in [-0.4, -0.2) is 18.2 Å². The van der Waals surface area contributed by atoms with E-state index in [-0.39, 0.29) is 21.5 Å². The van der Waals surface area contributed by atoms with E-state index in [0.29, 0.717) is 6.54 Å². The van der Waals surface area contributed by atoms with Gasteiger partial charge >= 0.3 is 0 Å². The molecular formula is C17H15Cl2N3O2S. The van der Waals surface area contributed by atoms with Crippen LogP contribution in [0, 0.1) is 0 Å². The van der Waals surface area contributed by atoms with Gasteiger partial charge in [0.1, 0.15) is 4.90 Å². The SMILES string of the molecule is O=S(=O)(NCc1ccccc1Cn1cccn1)c1cccc(Cl)c1Cl. The van der Waals surface area contributed by atoms with E-state index in [1.165, 1.54) is 6.07 Å². The smallest absolute Gasteiger partial charge is 0.242 e. The van der Waals surface area contributed by atoms with E-state index < -0.39 is 10.0 Å². The summed E-state index contributed by atoms with van der Waals surface area (Å²) in [5.41, 5.74) is 1.84. The molecule has 0 aliphatic heterocycles. The highest BCUT2D eigenvalue weighted by Gasteiger charge is 2.19. The van der Waals surface area contributed by atoms with E-state index in [0.717, 1.165) is 11.1 Å². The maximum atomic E-state index is 12.5. The lowest BCUT2D eigenvalue weighted by Gasteiger charge is -2.12. The Balaban J connectivity index is 1.80. The third-order valence-electron chi connectivity index (χ3n) is 3.67. The summed E-state index contributed by atoms with van der Waals surface area (Å²) in [5.74, 6) is 0. The fourth-order valence-electron chi connectivity index (χ4n) is 2.39. The third-order valence-corrected chi connectivity index (χ3v) is 6.04. The van der Waals surface area contributed by atoms with Gasteiger partial charge in [0, 0.05) is 18.9 Å². The molecule has 0 radical (unpaired) electrons. The highest BCUT2D eigenvalue weighted by Crippen LogP contribution is 2.28. The Kier molecular flexibility index (Phi) is 5.44. The Bertz CT molecular complexity index is 973. The van der Waals surface area contributed by atoms with Gasteiger partial charge in [0.15, 0.2) is 0 Å². The summed E-state index contributed by atoms with van der Waals surface area (Å²) in [4.78, 5) is -0.0359. The summed E-state index contributed by atoms with van der Waals surface area (Å²) in [6.45, 7) is 0.700. The van der Waals surface area contributed by atoms with Crippen LogP contribution in [0.2, 0.25) is 10.0 Å². The van der Waals surface area contributed by atoms with Gasteiger partial charge in [-0.25, -0.2) is 13.1 Å². The second kappa shape index (κ2) is 7.58. The number of rotatable bonds is 6. The molecule has 25 heavy (non-hydrogen) atoms. The molecule has 1 N–H and O–H groups in total. The molecule has 130 valence electrons. The standard InChI is InChI=1S/C17H15Cl2N3O2S/c18-15-7-3-8-16(17(15)19)25(23,24)21-11-13-5-1-2-6-14(13)12-22-10-4-9-20-22/h1-10,21H,11-12H2. The van der Waals surface area contributed by atoms with Crippen molar-refractivity contribution in [3.8, 4) is 0 Å². The van der Waals surface area contributed by atoms with Crippen molar-refractivity contribution in [3.05, 3.63) is 82.1 Å². The van der Waals surface area contributed by atoms with Crippen LogP contribution < -0.4 is 4.72 Å². The van der Waals surface area contributed by atoms with E-state index in [1.807, 2.05) is 36.5 Å². The van der Waals surface area contributed by atoms with E-state index >= 15 is 0 Å². The Morgan fingerprint density at radius 1 is 1.00 bits per heavy atom. The van der Waals surface area contributed by atoms with Gasteiger partial charge in [-0.2, -0.15) is 5.10 Å². The van der Waals surface area contributed by atoms with Gasteiger partial charge < -0.3 is 0 Å². The zero-order chi connectivity index (χ0) is 17.9. The Labute approximate surface area is 156 Å². The van der Waals surface area contributed by atoms with Crippen LogP contribution in [0.25, 0.3) is 0 Å². The number of aromatic nitrogens is 2. The average molecular weight is 396 g/mol. The number of nitrogens with zero attached hydrogens (tertiary/aromatic N) is 2. The first kappa shape index (κ1) is 17.9. The molecule has 3 aromatic rings. The van der Waals surface area contributed by atoms with Crippen LogP contribution in [0.3, 0.4) is 0 Å². The number of halogens is 2. The van der Waals surface area contributed by atoms with E-state index in [2.05, 4.69) is 9.82 Å². The minimum Gasteiger partial charge on any atom is -0.268 e. The van der Waals surface area contributed by atoms with Crippen molar-refractivity contribution >= 4 is 33.2 Å². The highest BCUT2D eigenvalue weighted by atomic mass is 35.5. The lowest BCUT2D eigenvalue weighted by Crippen LogP contribution is -2.24. The number of sulfonamides is 1. The molecule has 0 aliphatic carbocycles. The zero-order valence-corrected chi connectivity index (χ0v) is 15.4. The maximum Gasteiger partial charge on any atom is 0.242 e. The van der Waals surface area contributed by atoms with Crippen LogP contribution in [0.5, 0.6) is 0 Å². The first-order valence-corrected chi connectivity index (χ1v) is 9.69. The molecule has 8 heteroatoms. The lowest BCUT2D eigenvalue weighted by atomic mass is 10.1. The van der Waals surface area contributed by atoms with E-state index in [9.17, 15) is 8.42 Å². The van der Waals surface area contributed by atoms with Gasteiger partial charge in [0.25, 0.3) is 0 Å². The molecule has 0 atom stereocenters. The number of hydrogen-bond acceptors (Lipinski definition) is 3. The van der Waals surface area contributed by atoms with Crippen molar-refractivity contribution in [1.29, 1.82) is 0 Å². The van der Waals surface area contributed by atoms with Crippen molar-refractivity contribution in [2.24, 2.45) is 0 Å². The topological polar surface area (TPSA) is 64.0 Å². The molecule has 0 bridgehead atoms. The normalized spacial score (nSPS) is 11.6. The molecule has 0 saturated heterocycles. The lowest BCUT2D eigenvalue weighted by molar-refractivity contribution is 0.580. The minimum absolute atomic E-state index is 0.0153. The second-order valence-corrected chi connectivity index (χ2v) is 7.87. The molecular weight excluding hydrogens is 381 g/mol. The summed E-state index contributed by atoms with van der Waals surface area (Å²) in [7, 11) is -3.78. The second-order valence-electron chi connectivity index (χ2n) is 5.35. The van der Waals surface area contributed by atoms with E-state index in [4.69, 9.17) is 23.2 Å². The van der Waals surface area contributed by atoms with Crippen molar-refractivity contribution < 1.29 is 8.42 Å². The molecule has 5 nitrogen and oxygen atoms in total. The molecule has 1 heterocycles. The fraction of sp³-hybridized carbons (Fsp3) is 0.118. The Hall–Kier alpha value is -1.86. The van der Waals surface area contributed by atoms with Gasteiger partial charge in [-0.15, -0.1) is 0 Å². The molecule has 0 spiro atoms. The first-order valence-electron chi connectivity index (χ1n) is 7.45. The predicted octanol–water partition coefficient (Wildman–Crippen LogP) is 3.72. The molecule has 1 aromatic heterocycles. The fourth-order valence-corrected chi connectivity index (χ4v) is 4.16. The summed E-state index contributed by atoms with van der Waals surface area (Å²) >= 11 is 11.9. The highest BCUT2D eigenvalue weighted by molar-refractivity contribution is 7.89. The third kappa shape index (κ3) is 4.22. The summed E-state index contributed by atoms with van der Waals surface area (Å²) in [5, 5.41) is 4.39. The van der Waals surface area contributed by atoms with Crippen molar-refractivity contribution in [1.82, 2.24) is 14.5 Å². The van der Waals surface area contributed by atoms with Gasteiger partial charge in [0.2, 0.25) is 10.0 Å². The van der Waals surface area contributed by atoms with E-state index in [1.54, 1.807) is 23.0 Å². The summed E-state index contributed by atoms with van der Waals surface area (Å²) in [6.07, 6.45) is 3.55.